The molecule has 0 aliphatic heterocycles. The third-order valence-electron chi connectivity index (χ3n) is 4.79. The highest BCUT2D eigenvalue weighted by Gasteiger charge is 2.18. The van der Waals surface area contributed by atoms with E-state index in [1.807, 2.05) is 67.7 Å². The summed E-state index contributed by atoms with van der Waals surface area (Å²) >= 11 is 0. The minimum absolute atomic E-state index is 0.0852. The summed E-state index contributed by atoms with van der Waals surface area (Å²) in [6, 6.07) is 13.9. The summed E-state index contributed by atoms with van der Waals surface area (Å²) in [5, 5.41) is 12.4. The van der Waals surface area contributed by atoms with E-state index in [1.165, 1.54) is 6.21 Å². The van der Waals surface area contributed by atoms with Gasteiger partial charge in [-0.3, -0.25) is 0 Å². The molecule has 0 amide bonds. The van der Waals surface area contributed by atoms with Crippen LogP contribution in [0.15, 0.2) is 66.9 Å². The maximum Gasteiger partial charge on any atom is 0.162 e. The van der Waals surface area contributed by atoms with Gasteiger partial charge in [0.2, 0.25) is 0 Å². The number of nitrogens with zero attached hydrogens (tertiary/aromatic N) is 3. The standard InChI is InChI=1S/C23H20N4O/c1-16-11-12-27(26-16)23-20(14-24)13-21(18-5-3-2-4-6-18)22(25-23)19-9-7-17(15-28)8-10-19/h2-7,9-15,17,24H,8H2,1H3. The van der Waals surface area contributed by atoms with E-state index in [1.54, 1.807) is 4.68 Å². The van der Waals surface area contributed by atoms with Crippen molar-refractivity contribution < 1.29 is 4.79 Å². The summed E-state index contributed by atoms with van der Waals surface area (Å²) in [5.41, 5.74) is 5.35. The fourth-order valence-corrected chi connectivity index (χ4v) is 3.31. The van der Waals surface area contributed by atoms with Gasteiger partial charge in [-0.25, -0.2) is 9.67 Å². The molecule has 4 rings (SSSR count). The number of hydrogen-bond acceptors (Lipinski definition) is 4. The molecule has 1 atom stereocenters. The van der Waals surface area contributed by atoms with Crippen LogP contribution in [0.5, 0.6) is 0 Å². The van der Waals surface area contributed by atoms with Gasteiger partial charge in [0.1, 0.15) is 6.29 Å². The van der Waals surface area contributed by atoms with Gasteiger partial charge in [-0.05, 0) is 36.6 Å². The van der Waals surface area contributed by atoms with Gasteiger partial charge in [0.25, 0.3) is 0 Å². The number of carbonyl (C=O) groups is 1. The molecule has 3 aromatic rings. The Kier molecular flexibility index (Phi) is 4.81. The van der Waals surface area contributed by atoms with Crippen LogP contribution in [0, 0.1) is 18.3 Å². The Labute approximate surface area is 163 Å². The molecule has 0 fully saturated rings. The predicted molar refractivity (Wildman–Crippen MR) is 111 cm³/mol. The first-order valence-electron chi connectivity index (χ1n) is 9.17. The van der Waals surface area contributed by atoms with Crippen LogP contribution in [0.2, 0.25) is 0 Å². The number of aromatic nitrogens is 3. The Morgan fingerprint density at radius 3 is 2.64 bits per heavy atom. The summed E-state index contributed by atoms with van der Waals surface area (Å²) < 4.78 is 1.70. The van der Waals surface area contributed by atoms with Crippen LogP contribution in [0.4, 0.5) is 0 Å². The molecular weight excluding hydrogens is 348 g/mol. The van der Waals surface area contributed by atoms with Crippen molar-refractivity contribution in [1.82, 2.24) is 14.8 Å². The zero-order chi connectivity index (χ0) is 19.5. The average Bonchev–Trinajstić information content (AvgIpc) is 3.19. The number of allylic oxidation sites excluding steroid dienone is 4. The molecule has 5 nitrogen and oxygen atoms in total. The predicted octanol–water partition coefficient (Wildman–Crippen LogP) is 4.40. The quantitative estimate of drug-likeness (QED) is 0.536. The molecule has 2 heterocycles. The molecule has 1 N–H and O–H groups in total. The highest BCUT2D eigenvalue weighted by Crippen LogP contribution is 2.33. The number of aryl methyl sites for hydroxylation is 1. The molecule has 1 unspecified atom stereocenters. The molecule has 0 saturated carbocycles. The maximum atomic E-state index is 11.1. The SMILES string of the molecule is Cc1ccn(-c2nc(C3=CCC(C=O)C=C3)c(-c3ccccc3)cc2C=N)n1. The summed E-state index contributed by atoms with van der Waals surface area (Å²) in [7, 11) is 0. The molecular formula is C23H20N4O. The highest BCUT2D eigenvalue weighted by atomic mass is 16.1. The van der Waals surface area contributed by atoms with Gasteiger partial charge in [0.05, 0.1) is 11.4 Å². The number of hydrogen-bond donors (Lipinski definition) is 1. The van der Waals surface area contributed by atoms with Gasteiger partial charge < -0.3 is 10.2 Å². The first-order valence-corrected chi connectivity index (χ1v) is 9.17. The monoisotopic (exact) mass is 368 g/mol. The lowest BCUT2D eigenvalue weighted by molar-refractivity contribution is -0.109. The molecule has 28 heavy (non-hydrogen) atoms. The van der Waals surface area contributed by atoms with Crippen LogP contribution in [0.1, 0.15) is 23.4 Å². The smallest absolute Gasteiger partial charge is 0.162 e. The molecule has 5 heteroatoms. The van der Waals surface area contributed by atoms with E-state index in [-0.39, 0.29) is 5.92 Å². The normalized spacial score (nSPS) is 15.9. The number of pyridine rings is 1. The van der Waals surface area contributed by atoms with Gasteiger partial charge in [-0.15, -0.1) is 0 Å². The molecule has 1 aliphatic carbocycles. The number of nitrogens with one attached hydrogen (secondary N) is 1. The lowest BCUT2D eigenvalue weighted by Crippen LogP contribution is -2.08. The molecule has 0 saturated heterocycles. The Balaban J connectivity index is 1.93. The van der Waals surface area contributed by atoms with Gasteiger partial charge >= 0.3 is 0 Å². The van der Waals surface area contributed by atoms with E-state index in [0.29, 0.717) is 17.8 Å². The second-order valence-corrected chi connectivity index (χ2v) is 6.76. The minimum atomic E-state index is -0.0852. The summed E-state index contributed by atoms with van der Waals surface area (Å²) in [4.78, 5) is 16.0. The van der Waals surface area contributed by atoms with E-state index in [0.717, 1.165) is 34.4 Å². The number of aldehydes is 1. The third kappa shape index (κ3) is 3.34. The van der Waals surface area contributed by atoms with Gasteiger partial charge in [0, 0.05) is 29.5 Å². The van der Waals surface area contributed by atoms with Crippen molar-refractivity contribution in [3.63, 3.8) is 0 Å². The number of carbonyl (C=O) groups excluding carboxylic acids is 1. The Morgan fingerprint density at radius 2 is 2.04 bits per heavy atom. The van der Waals surface area contributed by atoms with Crippen LogP contribution < -0.4 is 0 Å². The van der Waals surface area contributed by atoms with Crippen LogP contribution in [0.25, 0.3) is 22.5 Å². The largest absolute Gasteiger partial charge is 0.308 e. The molecule has 1 aliphatic rings. The Hall–Kier alpha value is -3.60. The molecule has 0 radical (unpaired) electrons. The second-order valence-electron chi connectivity index (χ2n) is 6.76. The highest BCUT2D eigenvalue weighted by molar-refractivity contribution is 5.90. The fraction of sp³-hybridized carbons (Fsp3) is 0.130. The van der Waals surface area contributed by atoms with Crippen LogP contribution >= 0.6 is 0 Å². The Morgan fingerprint density at radius 1 is 1.21 bits per heavy atom. The third-order valence-corrected chi connectivity index (χ3v) is 4.79. The van der Waals surface area contributed by atoms with E-state index >= 15 is 0 Å². The van der Waals surface area contributed by atoms with Crippen LogP contribution in [-0.4, -0.2) is 27.3 Å². The summed E-state index contributed by atoms with van der Waals surface area (Å²) in [5.74, 6) is 0.530. The van der Waals surface area contributed by atoms with Crippen molar-refractivity contribution in [3.8, 4) is 16.9 Å². The fourth-order valence-electron chi connectivity index (χ4n) is 3.31. The molecule has 2 aromatic heterocycles. The molecule has 0 spiro atoms. The van der Waals surface area contributed by atoms with E-state index in [2.05, 4.69) is 11.2 Å². The Bertz CT molecular complexity index is 1090. The number of rotatable bonds is 5. The van der Waals surface area contributed by atoms with E-state index < -0.39 is 0 Å². The molecule has 0 bridgehead atoms. The average molecular weight is 368 g/mol. The first-order chi connectivity index (χ1) is 13.7. The zero-order valence-electron chi connectivity index (χ0n) is 15.5. The van der Waals surface area contributed by atoms with E-state index in [9.17, 15) is 4.79 Å². The van der Waals surface area contributed by atoms with Crippen molar-refractivity contribution >= 4 is 18.1 Å². The van der Waals surface area contributed by atoms with Crippen molar-refractivity contribution in [2.45, 2.75) is 13.3 Å². The van der Waals surface area contributed by atoms with E-state index in [4.69, 9.17) is 10.4 Å². The lowest BCUT2D eigenvalue weighted by Gasteiger charge is -2.17. The topological polar surface area (TPSA) is 71.6 Å². The number of benzene rings is 1. The van der Waals surface area contributed by atoms with Gasteiger partial charge in [-0.1, -0.05) is 48.6 Å². The molecule has 1 aromatic carbocycles. The van der Waals surface area contributed by atoms with Gasteiger partial charge in [-0.2, -0.15) is 5.10 Å². The minimum Gasteiger partial charge on any atom is -0.308 e. The van der Waals surface area contributed by atoms with Gasteiger partial charge in [0.15, 0.2) is 5.82 Å². The molecule has 138 valence electrons. The van der Waals surface area contributed by atoms with Crippen molar-refractivity contribution in [2.24, 2.45) is 5.92 Å². The maximum absolute atomic E-state index is 11.1. The second kappa shape index (κ2) is 7.56. The van der Waals surface area contributed by atoms with Crippen molar-refractivity contribution in [1.29, 1.82) is 5.41 Å². The van der Waals surface area contributed by atoms with Crippen LogP contribution in [0.3, 0.4) is 0 Å². The zero-order valence-corrected chi connectivity index (χ0v) is 15.5. The van der Waals surface area contributed by atoms with Crippen LogP contribution in [-0.2, 0) is 4.79 Å². The summed E-state index contributed by atoms with van der Waals surface area (Å²) in [6.07, 6.45) is 10.7. The first kappa shape index (κ1) is 17.8. The van der Waals surface area contributed by atoms with Crippen molar-refractivity contribution in [2.75, 3.05) is 0 Å². The summed E-state index contributed by atoms with van der Waals surface area (Å²) in [6.45, 7) is 1.92. The lowest BCUT2D eigenvalue weighted by atomic mass is 9.92. The van der Waals surface area contributed by atoms with Crippen molar-refractivity contribution in [3.05, 3.63) is 83.8 Å².